The molecule has 0 aliphatic rings. The van der Waals surface area contributed by atoms with Crippen molar-refractivity contribution in [3.05, 3.63) is 66.4 Å². The average molecular weight is 239 g/mol. The topological polar surface area (TPSA) is 25.5 Å². The van der Waals surface area contributed by atoms with Crippen molar-refractivity contribution in [3.8, 4) is 0 Å². The summed E-state index contributed by atoms with van der Waals surface area (Å²) in [7, 11) is 0. The fourth-order valence-corrected chi connectivity index (χ4v) is 1.78. The van der Waals surface area contributed by atoms with Crippen LogP contribution in [-0.2, 0) is 0 Å². The zero-order valence-electron chi connectivity index (χ0n) is 9.51. The van der Waals surface area contributed by atoms with Crippen molar-refractivity contribution in [2.45, 2.75) is 0 Å². The summed E-state index contributed by atoms with van der Waals surface area (Å²) in [6.07, 6.45) is 5.07. The molecule has 0 N–H and O–H groups in total. The van der Waals surface area contributed by atoms with Gasteiger partial charge >= 0.3 is 0 Å². The van der Waals surface area contributed by atoms with Gasteiger partial charge in [-0.15, -0.1) is 0 Å². The van der Waals surface area contributed by atoms with Gasteiger partial charge in [0.25, 0.3) is 0 Å². The van der Waals surface area contributed by atoms with Crippen LogP contribution in [0.5, 0.6) is 0 Å². The number of hydrogen-bond donors (Lipinski definition) is 0. The first-order valence-corrected chi connectivity index (χ1v) is 5.57. The van der Waals surface area contributed by atoms with E-state index in [4.69, 9.17) is 4.42 Å². The smallest absolute Gasteiger partial charge is 0.123 e. The molecule has 0 aliphatic heterocycles. The quantitative estimate of drug-likeness (QED) is 0.611. The molecule has 2 nitrogen and oxygen atoms in total. The van der Waals surface area contributed by atoms with Crippen LogP contribution >= 0.6 is 0 Å². The predicted molar refractivity (Wildman–Crippen MR) is 69.9 cm³/mol. The van der Waals surface area contributed by atoms with Crippen LogP contribution in [0, 0.1) is 5.82 Å². The maximum atomic E-state index is 12.8. The molecule has 3 rings (SSSR count). The summed E-state index contributed by atoms with van der Waals surface area (Å²) >= 11 is 0. The van der Waals surface area contributed by atoms with Gasteiger partial charge in [0.05, 0.1) is 12.0 Å². The highest BCUT2D eigenvalue weighted by Crippen LogP contribution is 2.26. The summed E-state index contributed by atoms with van der Waals surface area (Å²) in [5.74, 6) is -0.246. The van der Waals surface area contributed by atoms with Gasteiger partial charge in [-0.25, -0.2) is 4.39 Å². The van der Waals surface area contributed by atoms with Gasteiger partial charge < -0.3 is 4.42 Å². The highest BCUT2D eigenvalue weighted by Gasteiger charge is 2.00. The van der Waals surface area contributed by atoms with Crippen molar-refractivity contribution in [2.75, 3.05) is 0 Å². The Kier molecular flexibility index (Phi) is 2.65. The van der Waals surface area contributed by atoms with E-state index in [0.717, 1.165) is 22.0 Å². The number of hydrogen-bond acceptors (Lipinski definition) is 2. The molecule has 0 radical (unpaired) electrons. The van der Waals surface area contributed by atoms with Gasteiger partial charge in [0.2, 0.25) is 0 Å². The van der Waals surface area contributed by atoms with E-state index >= 15 is 0 Å². The molecule has 1 heterocycles. The third-order valence-corrected chi connectivity index (χ3v) is 2.72. The standard InChI is InChI=1S/C15H10FNO/c16-13-6-4-11(5-7-13)8-17-15-3-1-2-12-9-18-10-14(12)15/h1-10H. The summed E-state index contributed by atoms with van der Waals surface area (Å²) < 4.78 is 17.9. The Labute approximate surface area is 103 Å². The van der Waals surface area contributed by atoms with E-state index in [2.05, 4.69) is 4.99 Å². The van der Waals surface area contributed by atoms with Gasteiger partial charge in [-0.2, -0.15) is 0 Å². The molecule has 0 saturated heterocycles. The zero-order valence-corrected chi connectivity index (χ0v) is 9.51. The van der Waals surface area contributed by atoms with Crippen molar-refractivity contribution >= 4 is 22.7 Å². The normalized spacial score (nSPS) is 11.4. The second-order valence-electron chi connectivity index (χ2n) is 3.96. The molecule has 3 heteroatoms. The summed E-state index contributed by atoms with van der Waals surface area (Å²) in [5, 5.41) is 1.99. The first kappa shape index (κ1) is 10.7. The molecule has 0 bridgehead atoms. The van der Waals surface area contributed by atoms with Gasteiger partial charge in [-0.3, -0.25) is 4.99 Å². The largest absolute Gasteiger partial charge is 0.471 e. The van der Waals surface area contributed by atoms with E-state index in [-0.39, 0.29) is 5.82 Å². The van der Waals surface area contributed by atoms with E-state index in [1.807, 2.05) is 18.2 Å². The Hall–Kier alpha value is -2.42. The van der Waals surface area contributed by atoms with Crippen molar-refractivity contribution in [1.29, 1.82) is 0 Å². The predicted octanol–water partition coefficient (Wildman–Crippen LogP) is 4.32. The lowest BCUT2D eigenvalue weighted by Crippen LogP contribution is -1.81. The Morgan fingerprint density at radius 1 is 1.00 bits per heavy atom. The summed E-state index contributed by atoms with van der Waals surface area (Å²) in [6.45, 7) is 0. The number of aliphatic imine (C=N–C) groups is 1. The number of benzene rings is 2. The van der Waals surface area contributed by atoms with E-state index in [9.17, 15) is 4.39 Å². The van der Waals surface area contributed by atoms with Crippen molar-refractivity contribution < 1.29 is 8.81 Å². The molecule has 88 valence electrons. The van der Waals surface area contributed by atoms with Crippen LogP contribution in [0.2, 0.25) is 0 Å². The fourth-order valence-electron chi connectivity index (χ4n) is 1.78. The van der Waals surface area contributed by atoms with Gasteiger partial charge in [0.15, 0.2) is 0 Å². The molecular weight excluding hydrogens is 229 g/mol. The molecular formula is C15H10FNO. The Balaban J connectivity index is 1.96. The molecule has 0 amide bonds. The number of halogens is 1. The summed E-state index contributed by atoms with van der Waals surface area (Å²) in [4.78, 5) is 4.40. The monoisotopic (exact) mass is 239 g/mol. The van der Waals surface area contributed by atoms with E-state index in [1.165, 1.54) is 12.1 Å². The fraction of sp³-hybridized carbons (Fsp3) is 0. The lowest BCUT2D eigenvalue weighted by atomic mass is 10.2. The Morgan fingerprint density at radius 2 is 1.83 bits per heavy atom. The minimum Gasteiger partial charge on any atom is -0.471 e. The van der Waals surface area contributed by atoms with E-state index in [1.54, 1.807) is 30.9 Å². The zero-order chi connectivity index (χ0) is 12.4. The van der Waals surface area contributed by atoms with E-state index < -0.39 is 0 Å². The maximum Gasteiger partial charge on any atom is 0.123 e. The Bertz CT molecular complexity index is 698. The molecule has 0 saturated carbocycles. The molecule has 0 unspecified atom stereocenters. The molecule has 1 aromatic heterocycles. The molecule has 3 aromatic rings. The van der Waals surface area contributed by atoms with Gasteiger partial charge in [0, 0.05) is 17.0 Å². The first-order valence-electron chi connectivity index (χ1n) is 5.57. The molecule has 0 atom stereocenters. The van der Waals surface area contributed by atoms with Crippen LogP contribution in [-0.4, -0.2) is 6.21 Å². The van der Waals surface area contributed by atoms with Crippen molar-refractivity contribution in [1.82, 2.24) is 0 Å². The molecule has 0 spiro atoms. The second kappa shape index (κ2) is 4.45. The van der Waals surface area contributed by atoms with Gasteiger partial charge in [0.1, 0.15) is 12.1 Å². The minimum atomic E-state index is -0.246. The highest BCUT2D eigenvalue weighted by atomic mass is 19.1. The van der Waals surface area contributed by atoms with Crippen LogP contribution in [0.1, 0.15) is 5.56 Å². The second-order valence-corrected chi connectivity index (χ2v) is 3.96. The number of nitrogens with zero attached hydrogens (tertiary/aromatic N) is 1. The van der Waals surface area contributed by atoms with Crippen LogP contribution in [0.25, 0.3) is 10.8 Å². The lowest BCUT2D eigenvalue weighted by Gasteiger charge is -1.96. The molecule has 0 fully saturated rings. The lowest BCUT2D eigenvalue weighted by molar-refractivity contribution is 0.572. The SMILES string of the molecule is Fc1ccc(C=Nc2cccc3cocc23)cc1. The van der Waals surface area contributed by atoms with Crippen LogP contribution in [0.15, 0.2) is 64.4 Å². The highest BCUT2D eigenvalue weighted by molar-refractivity contribution is 5.94. The van der Waals surface area contributed by atoms with Crippen LogP contribution in [0.4, 0.5) is 10.1 Å². The number of furan rings is 1. The van der Waals surface area contributed by atoms with Gasteiger partial charge in [-0.05, 0) is 23.8 Å². The van der Waals surface area contributed by atoms with Crippen molar-refractivity contribution in [2.24, 2.45) is 4.99 Å². The van der Waals surface area contributed by atoms with E-state index in [0.29, 0.717) is 0 Å². The third-order valence-electron chi connectivity index (χ3n) is 2.72. The third kappa shape index (κ3) is 2.02. The van der Waals surface area contributed by atoms with Crippen LogP contribution in [0.3, 0.4) is 0 Å². The maximum absolute atomic E-state index is 12.8. The summed E-state index contributed by atoms with van der Waals surface area (Å²) in [5.41, 5.74) is 1.70. The van der Waals surface area contributed by atoms with Crippen LogP contribution < -0.4 is 0 Å². The van der Waals surface area contributed by atoms with Crippen molar-refractivity contribution in [3.63, 3.8) is 0 Å². The molecule has 0 aliphatic carbocycles. The van der Waals surface area contributed by atoms with Gasteiger partial charge in [-0.1, -0.05) is 24.3 Å². The minimum absolute atomic E-state index is 0.246. The number of rotatable bonds is 2. The molecule has 18 heavy (non-hydrogen) atoms. The summed E-state index contributed by atoms with van der Waals surface area (Å²) in [6, 6.07) is 12.0. The Morgan fingerprint density at radius 3 is 2.67 bits per heavy atom. The number of fused-ring (bicyclic) bond motifs is 1. The average Bonchev–Trinajstić information content (AvgIpc) is 2.87. The first-order chi connectivity index (χ1) is 8.83. The molecule has 2 aromatic carbocycles.